The van der Waals surface area contributed by atoms with Gasteiger partial charge in [-0.05, 0) is 122 Å². The Morgan fingerprint density at radius 2 is 0.571 bits per heavy atom. The summed E-state index contributed by atoms with van der Waals surface area (Å²) in [4.78, 5) is 72.7. The van der Waals surface area contributed by atoms with Gasteiger partial charge in [-0.1, -0.05) is 270 Å². The number of hydrogen-bond acceptors (Lipinski definition) is 15. The number of carbonyl (C=O) groups is 4. The van der Waals surface area contributed by atoms with Crippen molar-refractivity contribution < 1.29 is 80.2 Å². The van der Waals surface area contributed by atoms with Crippen molar-refractivity contribution in [1.29, 1.82) is 0 Å². The monoisotopic (exact) mass is 1410 g/mol. The van der Waals surface area contributed by atoms with Crippen LogP contribution < -0.4 is 0 Å². The zero-order chi connectivity index (χ0) is 71.8. The fourth-order valence-corrected chi connectivity index (χ4v) is 10.9. The van der Waals surface area contributed by atoms with Gasteiger partial charge in [0.15, 0.2) is 12.2 Å². The van der Waals surface area contributed by atoms with Crippen molar-refractivity contribution >= 4 is 39.5 Å². The van der Waals surface area contributed by atoms with Crippen LogP contribution in [0.5, 0.6) is 0 Å². The topological polar surface area (TPSA) is 237 Å². The van der Waals surface area contributed by atoms with Crippen molar-refractivity contribution in [2.45, 2.75) is 290 Å². The molecule has 0 saturated heterocycles. The van der Waals surface area contributed by atoms with Crippen LogP contribution in [0.15, 0.2) is 146 Å². The van der Waals surface area contributed by atoms with E-state index in [1.807, 2.05) is 12.2 Å². The molecule has 0 radical (unpaired) electrons. The van der Waals surface area contributed by atoms with E-state index in [1.165, 1.54) is 38.5 Å². The number of rotatable bonds is 68. The Morgan fingerprint density at radius 1 is 0.306 bits per heavy atom. The van der Waals surface area contributed by atoms with Crippen molar-refractivity contribution in [3.05, 3.63) is 146 Å². The third-order valence-corrected chi connectivity index (χ3v) is 16.7. The first-order valence-electron chi connectivity index (χ1n) is 37.1. The maximum atomic E-state index is 13.1. The van der Waals surface area contributed by atoms with Crippen LogP contribution in [0.4, 0.5) is 0 Å². The molecule has 0 bridgehead atoms. The van der Waals surface area contributed by atoms with E-state index in [9.17, 15) is 43.2 Å². The predicted molar refractivity (Wildman–Crippen MR) is 399 cm³/mol. The molecule has 0 amide bonds. The molecule has 0 saturated carbocycles. The van der Waals surface area contributed by atoms with E-state index in [-0.39, 0.29) is 25.7 Å². The smallest absolute Gasteiger partial charge is 0.462 e. The second kappa shape index (κ2) is 70.4. The van der Waals surface area contributed by atoms with Gasteiger partial charge in [0, 0.05) is 19.3 Å². The first kappa shape index (κ1) is 92.9. The lowest BCUT2D eigenvalue weighted by molar-refractivity contribution is -0.161. The highest BCUT2D eigenvalue weighted by Gasteiger charge is 2.30. The molecule has 0 aromatic rings. The number of aliphatic hydroxyl groups is 1. The molecule has 0 aliphatic heterocycles. The highest BCUT2D eigenvalue weighted by atomic mass is 31.2. The molecule has 0 fully saturated rings. The van der Waals surface area contributed by atoms with Gasteiger partial charge in [-0.3, -0.25) is 37.3 Å². The summed E-state index contributed by atoms with van der Waals surface area (Å²) in [5.74, 6) is -2.39. The second-order valence-electron chi connectivity index (χ2n) is 24.1. The Hall–Kier alpha value is -5.06. The summed E-state index contributed by atoms with van der Waals surface area (Å²) in [6, 6.07) is 0. The van der Waals surface area contributed by atoms with Crippen molar-refractivity contribution in [3.63, 3.8) is 0 Å². The third kappa shape index (κ3) is 69.4. The van der Waals surface area contributed by atoms with Crippen LogP contribution in [0.25, 0.3) is 0 Å². The van der Waals surface area contributed by atoms with Gasteiger partial charge >= 0.3 is 39.5 Å². The summed E-state index contributed by atoms with van der Waals surface area (Å²) < 4.78 is 68.2. The van der Waals surface area contributed by atoms with Gasteiger partial charge in [-0.25, -0.2) is 9.13 Å². The van der Waals surface area contributed by atoms with Crippen LogP contribution in [-0.2, 0) is 65.4 Å². The molecule has 0 spiro atoms. The molecule has 19 heteroatoms. The minimum absolute atomic E-state index is 0.0818. The molecule has 0 aliphatic carbocycles. The van der Waals surface area contributed by atoms with Crippen molar-refractivity contribution in [1.82, 2.24) is 0 Å². The zero-order valence-electron chi connectivity index (χ0n) is 60.7. The molecule has 0 heterocycles. The highest BCUT2D eigenvalue weighted by molar-refractivity contribution is 7.47. The van der Waals surface area contributed by atoms with Gasteiger partial charge in [0.25, 0.3) is 0 Å². The zero-order valence-corrected chi connectivity index (χ0v) is 62.4. The molecule has 5 atom stereocenters. The summed E-state index contributed by atoms with van der Waals surface area (Å²) in [7, 11) is -9.99. The van der Waals surface area contributed by atoms with Crippen molar-refractivity contribution in [2.75, 3.05) is 39.6 Å². The lowest BCUT2D eigenvalue weighted by Crippen LogP contribution is -2.30. The standard InChI is InChI=1S/C79H130O17P2/c1-5-9-13-17-21-25-29-32-35-36-39-41-45-48-52-56-60-64-77(82)90-70-75(96-79(84)66-62-58-54-50-46-42-38-34-31-27-23-19-15-11-7-3)72-94-98(87,88)92-68-73(80)67-91-97(85,86)93-71-74(95-78(83)65-61-57-53-49-43-28-24-20-16-12-8-4)69-89-76(81)63-59-55-51-47-44-40-37-33-30-26-22-18-14-10-6-2/h9-11,13-15,21-23,25-27,32-35,37-38,44,46-47,50,58,62,73-75,80H,5-8,12,16-20,24,28-31,36,39-43,45,48-49,51-57,59-61,63-72H2,1-4H3,(H,85,86)(H,87,88)/b13-9-,14-10-,15-11-,25-21-,26-22-,27-23-,35-32-,37-33-,38-34-,47-44-,50-46-,62-58-. The van der Waals surface area contributed by atoms with Gasteiger partial charge in [-0.15, -0.1) is 0 Å². The number of allylic oxidation sites excluding steroid dienone is 23. The van der Waals surface area contributed by atoms with Crippen LogP contribution in [0, 0.1) is 0 Å². The van der Waals surface area contributed by atoms with Gasteiger partial charge < -0.3 is 33.8 Å². The first-order valence-corrected chi connectivity index (χ1v) is 40.1. The quantitative estimate of drug-likeness (QED) is 0.0169. The van der Waals surface area contributed by atoms with E-state index >= 15 is 0 Å². The van der Waals surface area contributed by atoms with E-state index in [4.69, 9.17) is 37.0 Å². The van der Waals surface area contributed by atoms with E-state index in [0.29, 0.717) is 25.7 Å². The number of ether oxygens (including phenoxy) is 4. The number of aliphatic hydroxyl groups excluding tert-OH is 1. The minimum atomic E-state index is -5.01. The summed E-state index contributed by atoms with van der Waals surface area (Å²) in [5, 5.41) is 10.6. The van der Waals surface area contributed by atoms with Crippen LogP contribution in [-0.4, -0.2) is 96.7 Å². The summed E-state index contributed by atoms with van der Waals surface area (Å²) in [6.45, 7) is 4.33. The molecule has 558 valence electrons. The Kier molecular flexibility index (Phi) is 66.7. The molecule has 98 heavy (non-hydrogen) atoms. The van der Waals surface area contributed by atoms with Crippen LogP contribution in [0.2, 0.25) is 0 Å². The predicted octanol–water partition coefficient (Wildman–Crippen LogP) is 21.1. The maximum absolute atomic E-state index is 13.1. The number of phosphoric acid groups is 2. The largest absolute Gasteiger partial charge is 0.472 e. The normalized spacial score (nSPS) is 14.8. The Balaban J connectivity index is 5.44. The average molecular weight is 1410 g/mol. The number of esters is 4. The Bertz CT molecular complexity index is 2430. The minimum Gasteiger partial charge on any atom is -0.462 e. The highest BCUT2D eigenvalue weighted by Crippen LogP contribution is 2.45. The van der Waals surface area contributed by atoms with Gasteiger partial charge in [0.05, 0.1) is 32.8 Å². The number of carbonyl (C=O) groups excluding carboxylic acids is 4. The molecule has 3 N–H and O–H groups in total. The van der Waals surface area contributed by atoms with E-state index < -0.39 is 97.5 Å². The first-order chi connectivity index (χ1) is 47.7. The SMILES string of the molecule is CC/C=C\C/C=C\C/C=C\C/C=C\C/C=C\CC(=O)OC(COC(=O)CCCCCCCCC/C=C\C/C=C\C/C=C\CC)COP(=O)(O)OCC(O)COP(=O)(O)OCC(COC(=O)CCCC/C=C\C/C=C\C/C=C\C/C=C\CC)OC(=O)CCCCCCCCCCCCC. The fraction of sp³-hybridized carbons (Fsp3) is 0.646. The van der Waals surface area contributed by atoms with E-state index in [2.05, 4.69) is 149 Å². The van der Waals surface area contributed by atoms with Crippen LogP contribution in [0.3, 0.4) is 0 Å². The summed E-state index contributed by atoms with van der Waals surface area (Å²) in [5.41, 5.74) is 0. The molecule has 0 aromatic heterocycles. The maximum Gasteiger partial charge on any atom is 0.472 e. The Morgan fingerprint density at radius 3 is 0.929 bits per heavy atom. The number of phosphoric ester groups is 2. The second-order valence-corrected chi connectivity index (χ2v) is 27.0. The third-order valence-electron chi connectivity index (χ3n) is 14.8. The van der Waals surface area contributed by atoms with Gasteiger partial charge in [0.1, 0.15) is 19.3 Å². The van der Waals surface area contributed by atoms with Gasteiger partial charge in [0.2, 0.25) is 0 Å². The van der Waals surface area contributed by atoms with E-state index in [0.717, 1.165) is 154 Å². The molecule has 0 aliphatic rings. The molecule has 0 rings (SSSR count). The number of unbranched alkanes of at least 4 members (excludes halogenated alkanes) is 19. The average Bonchev–Trinajstić information content (AvgIpc) is 0.980. The molecular formula is C79H130O17P2. The van der Waals surface area contributed by atoms with Gasteiger partial charge in [-0.2, -0.15) is 0 Å². The van der Waals surface area contributed by atoms with Crippen molar-refractivity contribution in [3.8, 4) is 0 Å². The van der Waals surface area contributed by atoms with E-state index in [1.54, 1.807) is 12.2 Å². The molecule has 5 unspecified atom stereocenters. The lowest BCUT2D eigenvalue weighted by atomic mass is 10.1. The summed E-state index contributed by atoms with van der Waals surface area (Å²) >= 11 is 0. The lowest BCUT2D eigenvalue weighted by Gasteiger charge is -2.21. The Labute approximate surface area is 592 Å². The molecule has 17 nitrogen and oxygen atoms in total. The van der Waals surface area contributed by atoms with Crippen LogP contribution >= 0.6 is 15.6 Å². The molecule has 0 aromatic carbocycles. The molecular weight excluding hydrogens is 1280 g/mol. The number of hydrogen-bond donors (Lipinski definition) is 3. The summed E-state index contributed by atoms with van der Waals surface area (Å²) in [6.07, 6.45) is 78.9. The van der Waals surface area contributed by atoms with Crippen molar-refractivity contribution in [2.24, 2.45) is 0 Å². The fourth-order valence-electron chi connectivity index (χ4n) is 9.30. The van der Waals surface area contributed by atoms with Crippen LogP contribution in [0.1, 0.15) is 272 Å².